The van der Waals surface area contributed by atoms with Crippen LogP contribution in [-0.4, -0.2) is 67.0 Å². The van der Waals surface area contributed by atoms with Crippen LogP contribution in [-0.2, 0) is 33.3 Å². The normalized spacial score (nSPS) is 35.6. The van der Waals surface area contributed by atoms with Crippen LogP contribution in [0.4, 0.5) is 0 Å². The van der Waals surface area contributed by atoms with Crippen molar-refractivity contribution in [3.05, 3.63) is 12.2 Å². The van der Waals surface area contributed by atoms with E-state index in [9.17, 15) is 14.4 Å². The van der Waals surface area contributed by atoms with Gasteiger partial charge in [-0.25, -0.2) is 0 Å². The third kappa shape index (κ3) is 3.09. The number of hydrogen-bond donors (Lipinski definition) is 0. The largest absolute Gasteiger partial charge is 0.465 e. The Balaban J connectivity index is 1.25. The molecule has 3 saturated heterocycles. The number of carbonyl (C=O) groups excluding carboxylic acids is 3. The van der Waals surface area contributed by atoms with E-state index in [2.05, 4.69) is 0 Å². The van der Waals surface area contributed by atoms with Crippen molar-refractivity contribution in [1.29, 1.82) is 0 Å². The summed E-state index contributed by atoms with van der Waals surface area (Å²) in [5, 5.41) is 0. The highest BCUT2D eigenvalue weighted by atomic mass is 16.7. The maximum atomic E-state index is 12.5. The van der Waals surface area contributed by atoms with Gasteiger partial charge in [-0.15, -0.1) is 0 Å². The van der Waals surface area contributed by atoms with E-state index in [1.165, 1.54) is 4.90 Å². The molecule has 0 unspecified atom stereocenters. The maximum absolute atomic E-state index is 12.5. The molecule has 8 nitrogen and oxygen atoms in total. The summed E-state index contributed by atoms with van der Waals surface area (Å²) in [4.78, 5) is 38.7. The maximum Gasteiger partial charge on any atom is 0.316 e. The highest BCUT2D eigenvalue weighted by Crippen LogP contribution is 2.45. The molecule has 4 aliphatic heterocycles. The molecule has 0 N–H and O–H groups in total. The first kappa shape index (κ1) is 18.6. The van der Waals surface area contributed by atoms with Crippen LogP contribution >= 0.6 is 0 Å². The van der Waals surface area contributed by atoms with E-state index in [-0.39, 0.29) is 50.4 Å². The van der Waals surface area contributed by atoms with E-state index in [0.29, 0.717) is 6.42 Å². The number of rotatable bonds is 5. The average Bonchev–Trinajstić information content (AvgIpc) is 3.30. The van der Waals surface area contributed by atoms with Crippen LogP contribution in [0.25, 0.3) is 0 Å². The van der Waals surface area contributed by atoms with E-state index in [4.69, 9.17) is 18.9 Å². The molecular weight excluding hydrogens is 354 g/mol. The van der Waals surface area contributed by atoms with Gasteiger partial charge < -0.3 is 18.9 Å². The fraction of sp³-hybridized carbons (Fsp3) is 0.737. The van der Waals surface area contributed by atoms with Gasteiger partial charge in [0.05, 0.1) is 43.9 Å². The smallest absolute Gasteiger partial charge is 0.316 e. The Morgan fingerprint density at radius 1 is 1.11 bits per heavy atom. The Hall–Kier alpha value is -1.77. The van der Waals surface area contributed by atoms with E-state index in [1.54, 1.807) is 20.8 Å². The van der Waals surface area contributed by atoms with Crippen LogP contribution in [0.5, 0.6) is 0 Å². The first-order valence-corrected chi connectivity index (χ1v) is 9.36. The van der Waals surface area contributed by atoms with Gasteiger partial charge in [-0.3, -0.25) is 19.3 Å². The summed E-state index contributed by atoms with van der Waals surface area (Å²) in [6, 6.07) is 0. The van der Waals surface area contributed by atoms with Gasteiger partial charge in [0.2, 0.25) is 11.8 Å². The number of hydrogen-bond acceptors (Lipinski definition) is 7. The number of esters is 1. The Morgan fingerprint density at radius 2 is 1.67 bits per heavy atom. The molecule has 0 saturated carbocycles. The minimum Gasteiger partial charge on any atom is -0.465 e. The molecule has 4 rings (SSSR count). The number of nitrogens with zero attached hydrogens (tertiary/aromatic N) is 1. The van der Waals surface area contributed by atoms with Gasteiger partial charge in [0.25, 0.3) is 0 Å². The standard InChI is InChI=1S/C19H25NO7/c1-18(2)25-9-19(3,10-26-18)17(23)24-8-4-7-20-15(21)13-11-5-6-12(27-11)14(13)16(20)22/h5-6,11-14H,4,7-10H2,1-3H3/t11-,12+,13+,14-. The fourth-order valence-electron chi connectivity index (χ4n) is 4.01. The zero-order chi connectivity index (χ0) is 19.4. The van der Waals surface area contributed by atoms with E-state index >= 15 is 0 Å². The third-order valence-electron chi connectivity index (χ3n) is 5.73. The molecule has 0 spiro atoms. The second-order valence-electron chi connectivity index (χ2n) is 8.36. The molecule has 2 bridgehead atoms. The molecule has 2 amide bonds. The highest BCUT2D eigenvalue weighted by molar-refractivity contribution is 6.06. The van der Waals surface area contributed by atoms with Crippen molar-refractivity contribution in [3.63, 3.8) is 0 Å². The van der Waals surface area contributed by atoms with Crippen molar-refractivity contribution < 1.29 is 33.3 Å². The van der Waals surface area contributed by atoms with Crippen molar-refractivity contribution in [2.45, 2.75) is 45.2 Å². The number of likely N-dealkylation sites (tertiary alicyclic amines) is 1. The second kappa shape index (κ2) is 6.39. The third-order valence-corrected chi connectivity index (χ3v) is 5.73. The van der Waals surface area contributed by atoms with Gasteiger partial charge in [-0.2, -0.15) is 0 Å². The summed E-state index contributed by atoms with van der Waals surface area (Å²) < 4.78 is 22.0. The Morgan fingerprint density at radius 3 is 2.22 bits per heavy atom. The Kier molecular flexibility index (Phi) is 4.40. The van der Waals surface area contributed by atoms with E-state index < -0.39 is 29.0 Å². The first-order valence-electron chi connectivity index (χ1n) is 9.36. The molecule has 4 atom stereocenters. The second-order valence-corrected chi connectivity index (χ2v) is 8.36. The van der Waals surface area contributed by atoms with Gasteiger partial charge in [0, 0.05) is 6.54 Å². The van der Waals surface area contributed by atoms with Crippen LogP contribution in [0.2, 0.25) is 0 Å². The molecule has 4 aliphatic rings. The highest BCUT2D eigenvalue weighted by Gasteiger charge is 2.60. The lowest BCUT2D eigenvalue weighted by atomic mass is 9.85. The number of ether oxygens (including phenoxy) is 4. The monoisotopic (exact) mass is 379 g/mol. The zero-order valence-corrected chi connectivity index (χ0v) is 15.8. The number of fused-ring (bicyclic) bond motifs is 5. The summed E-state index contributed by atoms with van der Waals surface area (Å²) in [6.45, 7) is 6.15. The van der Waals surface area contributed by atoms with E-state index in [0.717, 1.165) is 0 Å². The lowest BCUT2D eigenvalue weighted by Crippen LogP contribution is -2.49. The molecule has 8 heteroatoms. The lowest BCUT2D eigenvalue weighted by Gasteiger charge is -2.39. The zero-order valence-electron chi connectivity index (χ0n) is 15.8. The fourth-order valence-corrected chi connectivity index (χ4v) is 4.01. The quantitative estimate of drug-likeness (QED) is 0.300. The number of carbonyl (C=O) groups is 3. The summed E-state index contributed by atoms with van der Waals surface area (Å²) >= 11 is 0. The van der Waals surface area contributed by atoms with Crippen LogP contribution in [0, 0.1) is 17.3 Å². The molecule has 148 valence electrons. The predicted molar refractivity (Wildman–Crippen MR) is 91.2 cm³/mol. The Bertz CT molecular complexity index is 660. The van der Waals surface area contributed by atoms with Gasteiger partial charge in [0.15, 0.2) is 5.79 Å². The molecular formula is C19H25NO7. The van der Waals surface area contributed by atoms with Crippen LogP contribution in [0.3, 0.4) is 0 Å². The summed E-state index contributed by atoms with van der Waals surface area (Å²) in [7, 11) is 0. The van der Waals surface area contributed by atoms with Crippen LogP contribution in [0.1, 0.15) is 27.2 Å². The van der Waals surface area contributed by atoms with Gasteiger partial charge in [-0.1, -0.05) is 12.2 Å². The average molecular weight is 379 g/mol. The number of imide groups is 1. The molecule has 0 aromatic heterocycles. The van der Waals surface area contributed by atoms with Crippen molar-refractivity contribution in [3.8, 4) is 0 Å². The van der Waals surface area contributed by atoms with Gasteiger partial charge >= 0.3 is 5.97 Å². The van der Waals surface area contributed by atoms with Gasteiger partial charge in [0.1, 0.15) is 5.41 Å². The van der Waals surface area contributed by atoms with Crippen molar-refractivity contribution in [2.75, 3.05) is 26.4 Å². The van der Waals surface area contributed by atoms with Crippen molar-refractivity contribution >= 4 is 17.8 Å². The van der Waals surface area contributed by atoms with Crippen LogP contribution < -0.4 is 0 Å². The first-order chi connectivity index (χ1) is 12.7. The van der Waals surface area contributed by atoms with Crippen LogP contribution in [0.15, 0.2) is 12.2 Å². The van der Waals surface area contributed by atoms with Gasteiger partial charge in [-0.05, 0) is 27.2 Å². The van der Waals surface area contributed by atoms with Crippen molar-refractivity contribution in [2.24, 2.45) is 17.3 Å². The molecule has 4 heterocycles. The minimum absolute atomic E-state index is 0.131. The number of amides is 2. The Labute approximate surface area is 157 Å². The molecule has 0 aromatic carbocycles. The van der Waals surface area contributed by atoms with Crippen molar-refractivity contribution in [1.82, 2.24) is 4.90 Å². The molecule has 0 aromatic rings. The molecule has 3 fully saturated rings. The van der Waals surface area contributed by atoms with E-state index in [1.807, 2.05) is 12.2 Å². The molecule has 0 radical (unpaired) electrons. The summed E-state index contributed by atoms with van der Waals surface area (Å²) in [5.74, 6) is -2.26. The lowest BCUT2D eigenvalue weighted by molar-refractivity contribution is -0.281. The predicted octanol–water partition coefficient (Wildman–Crippen LogP) is 0.647. The molecule has 0 aliphatic carbocycles. The minimum atomic E-state index is -0.853. The SMILES string of the molecule is CC1(C)OCC(C)(C(=O)OCCCN2C(=O)[C@@H]3[C@H](C2=O)[C@@H]2C=C[C@H]3O2)CO1. The summed E-state index contributed by atoms with van der Waals surface area (Å²) in [5.41, 5.74) is -0.853. The topological polar surface area (TPSA) is 91.4 Å². The molecule has 27 heavy (non-hydrogen) atoms. The summed E-state index contributed by atoms with van der Waals surface area (Å²) in [6.07, 6.45) is 3.55.